The van der Waals surface area contributed by atoms with Gasteiger partial charge in [0.2, 0.25) is 0 Å². The molecule has 6 heteroatoms. The molecule has 0 bridgehead atoms. The molecule has 0 saturated carbocycles. The molecule has 0 radical (unpaired) electrons. The highest BCUT2D eigenvalue weighted by molar-refractivity contribution is 5.80. The van der Waals surface area contributed by atoms with Crippen molar-refractivity contribution in [2.45, 2.75) is 25.2 Å². The lowest BCUT2D eigenvalue weighted by Crippen LogP contribution is -2.71. The molecule has 2 heterocycles. The van der Waals surface area contributed by atoms with Crippen molar-refractivity contribution in [1.82, 2.24) is 19.6 Å². The SMILES string of the molecule is C[C@H]1[C@H]2[C@@H](N(C)C(=O)N1C)N(C)C(=O)N(C)[C@H]2c1ccccc1. The van der Waals surface area contributed by atoms with E-state index in [1.807, 2.05) is 32.3 Å². The molecule has 2 aliphatic heterocycles. The second-order valence-corrected chi connectivity index (χ2v) is 6.60. The van der Waals surface area contributed by atoms with E-state index in [0.717, 1.165) is 5.56 Å². The van der Waals surface area contributed by atoms with Crippen molar-refractivity contribution in [3.05, 3.63) is 35.9 Å². The summed E-state index contributed by atoms with van der Waals surface area (Å²) in [5.41, 5.74) is 1.11. The van der Waals surface area contributed by atoms with Crippen molar-refractivity contribution in [3.8, 4) is 0 Å². The summed E-state index contributed by atoms with van der Waals surface area (Å²) >= 11 is 0. The molecule has 2 fully saturated rings. The van der Waals surface area contributed by atoms with Crippen LogP contribution in [0.3, 0.4) is 0 Å². The quantitative estimate of drug-likeness (QED) is 0.796. The highest BCUT2D eigenvalue weighted by Crippen LogP contribution is 2.43. The van der Waals surface area contributed by atoms with Crippen LogP contribution in [0.15, 0.2) is 30.3 Å². The number of carbonyl (C=O) groups is 2. The highest BCUT2D eigenvalue weighted by Gasteiger charge is 2.53. The fraction of sp³-hybridized carbons (Fsp3) is 0.529. The van der Waals surface area contributed by atoms with Crippen molar-refractivity contribution < 1.29 is 9.59 Å². The Labute approximate surface area is 137 Å². The molecule has 3 rings (SSSR count). The smallest absolute Gasteiger partial charge is 0.321 e. The third-order valence-corrected chi connectivity index (χ3v) is 5.44. The molecule has 1 aromatic rings. The van der Waals surface area contributed by atoms with Crippen LogP contribution in [-0.2, 0) is 0 Å². The molecule has 0 N–H and O–H groups in total. The highest BCUT2D eigenvalue weighted by atomic mass is 16.2. The third kappa shape index (κ3) is 2.16. The van der Waals surface area contributed by atoms with Crippen LogP contribution in [0, 0.1) is 5.92 Å². The summed E-state index contributed by atoms with van der Waals surface area (Å²) in [6, 6.07) is 9.94. The van der Waals surface area contributed by atoms with E-state index in [-0.39, 0.29) is 36.2 Å². The van der Waals surface area contributed by atoms with Crippen LogP contribution < -0.4 is 0 Å². The standard InChI is InChI=1S/C17H24N4O2/c1-11-13-14(12-9-7-6-8-10-12)19(3)17(23)21(5)15(13)20(4)16(22)18(11)2/h6-11,13-15H,1-5H3/t11-,13+,14-,15-/m0/s1. The van der Waals surface area contributed by atoms with Gasteiger partial charge in [-0.15, -0.1) is 0 Å². The molecule has 6 nitrogen and oxygen atoms in total. The van der Waals surface area contributed by atoms with Crippen molar-refractivity contribution in [1.29, 1.82) is 0 Å². The Bertz CT molecular complexity index is 616. The van der Waals surface area contributed by atoms with E-state index in [4.69, 9.17) is 0 Å². The van der Waals surface area contributed by atoms with E-state index in [0.29, 0.717) is 0 Å². The molecule has 4 atom stereocenters. The Kier molecular flexibility index (Phi) is 3.70. The number of urea groups is 2. The van der Waals surface area contributed by atoms with Gasteiger partial charge in [-0.2, -0.15) is 0 Å². The van der Waals surface area contributed by atoms with Gasteiger partial charge in [0, 0.05) is 40.2 Å². The summed E-state index contributed by atoms with van der Waals surface area (Å²) < 4.78 is 0. The Morgan fingerprint density at radius 2 is 1.30 bits per heavy atom. The average molecular weight is 316 g/mol. The maximum Gasteiger partial charge on any atom is 0.321 e. The maximum atomic E-state index is 12.7. The molecular formula is C17H24N4O2. The molecule has 23 heavy (non-hydrogen) atoms. The van der Waals surface area contributed by atoms with E-state index < -0.39 is 0 Å². The van der Waals surface area contributed by atoms with Crippen LogP contribution in [0.2, 0.25) is 0 Å². The first kappa shape index (κ1) is 15.6. The van der Waals surface area contributed by atoms with E-state index >= 15 is 0 Å². The summed E-state index contributed by atoms with van der Waals surface area (Å²) in [6.45, 7) is 2.07. The van der Waals surface area contributed by atoms with Gasteiger partial charge in [-0.25, -0.2) is 9.59 Å². The number of fused-ring (bicyclic) bond motifs is 1. The Morgan fingerprint density at radius 1 is 0.783 bits per heavy atom. The van der Waals surface area contributed by atoms with Crippen LogP contribution in [0.1, 0.15) is 18.5 Å². The summed E-state index contributed by atoms with van der Waals surface area (Å²) in [5.74, 6) is 0.109. The lowest BCUT2D eigenvalue weighted by atomic mass is 9.80. The fourth-order valence-electron chi connectivity index (χ4n) is 4.08. The minimum absolute atomic E-state index is 0.0342. The number of carbonyl (C=O) groups excluding carboxylic acids is 2. The molecule has 0 spiro atoms. The van der Waals surface area contributed by atoms with E-state index in [1.165, 1.54) is 0 Å². The number of nitrogens with zero attached hydrogens (tertiary/aromatic N) is 4. The van der Waals surface area contributed by atoms with E-state index in [1.54, 1.807) is 33.7 Å². The second kappa shape index (κ2) is 5.44. The van der Waals surface area contributed by atoms with Gasteiger partial charge >= 0.3 is 12.1 Å². The Hall–Kier alpha value is -2.24. The zero-order valence-electron chi connectivity index (χ0n) is 14.3. The van der Waals surface area contributed by atoms with Crippen molar-refractivity contribution in [3.63, 3.8) is 0 Å². The molecule has 2 aliphatic rings. The van der Waals surface area contributed by atoms with Gasteiger partial charge in [0.05, 0.1) is 6.04 Å². The number of hydrogen-bond acceptors (Lipinski definition) is 2. The van der Waals surface area contributed by atoms with Gasteiger partial charge in [0.25, 0.3) is 0 Å². The predicted molar refractivity (Wildman–Crippen MR) is 87.8 cm³/mol. The van der Waals surface area contributed by atoms with Crippen LogP contribution >= 0.6 is 0 Å². The molecule has 0 aromatic heterocycles. The molecule has 2 saturated heterocycles. The van der Waals surface area contributed by atoms with Crippen LogP contribution in [0.4, 0.5) is 9.59 Å². The molecule has 0 aliphatic carbocycles. The van der Waals surface area contributed by atoms with E-state index in [2.05, 4.69) is 19.1 Å². The summed E-state index contributed by atoms with van der Waals surface area (Å²) in [6.07, 6.45) is -0.234. The number of rotatable bonds is 1. The topological polar surface area (TPSA) is 47.1 Å². The normalized spacial score (nSPS) is 31.5. The molecule has 124 valence electrons. The zero-order chi connectivity index (χ0) is 16.9. The number of benzene rings is 1. The van der Waals surface area contributed by atoms with Crippen molar-refractivity contribution in [2.75, 3.05) is 28.2 Å². The number of hydrogen-bond donors (Lipinski definition) is 0. The van der Waals surface area contributed by atoms with Crippen LogP contribution in [0.5, 0.6) is 0 Å². The Balaban J connectivity index is 2.11. The third-order valence-electron chi connectivity index (χ3n) is 5.44. The molecule has 4 amide bonds. The average Bonchev–Trinajstić information content (AvgIpc) is 2.56. The van der Waals surface area contributed by atoms with Gasteiger partial charge in [0.15, 0.2) is 0 Å². The van der Waals surface area contributed by atoms with Gasteiger partial charge in [-0.1, -0.05) is 30.3 Å². The minimum atomic E-state index is -0.234. The molecule has 0 unspecified atom stereocenters. The van der Waals surface area contributed by atoms with Gasteiger partial charge < -0.3 is 19.6 Å². The predicted octanol–water partition coefficient (Wildman–Crippen LogP) is 2.05. The fourth-order valence-corrected chi connectivity index (χ4v) is 4.08. The minimum Gasteiger partial charge on any atom is -0.324 e. The first-order chi connectivity index (χ1) is 10.9. The molecule has 1 aromatic carbocycles. The monoisotopic (exact) mass is 316 g/mol. The van der Waals surface area contributed by atoms with Gasteiger partial charge in [0.1, 0.15) is 6.17 Å². The van der Waals surface area contributed by atoms with E-state index in [9.17, 15) is 9.59 Å². The molecular weight excluding hydrogens is 292 g/mol. The van der Waals surface area contributed by atoms with Gasteiger partial charge in [-0.05, 0) is 12.5 Å². The lowest BCUT2D eigenvalue weighted by molar-refractivity contribution is -0.0652. The Morgan fingerprint density at radius 3 is 1.87 bits per heavy atom. The summed E-state index contributed by atoms with van der Waals surface area (Å²) in [5, 5.41) is 0. The second-order valence-electron chi connectivity index (χ2n) is 6.60. The first-order valence-corrected chi connectivity index (χ1v) is 7.90. The summed E-state index contributed by atoms with van der Waals surface area (Å²) in [7, 11) is 7.23. The van der Waals surface area contributed by atoms with Gasteiger partial charge in [-0.3, -0.25) is 0 Å². The number of amides is 4. The first-order valence-electron chi connectivity index (χ1n) is 7.90. The van der Waals surface area contributed by atoms with Crippen molar-refractivity contribution in [2.24, 2.45) is 5.92 Å². The largest absolute Gasteiger partial charge is 0.324 e. The maximum absolute atomic E-state index is 12.7. The van der Waals surface area contributed by atoms with Crippen molar-refractivity contribution >= 4 is 12.1 Å². The summed E-state index contributed by atoms with van der Waals surface area (Å²) in [4.78, 5) is 32.1. The van der Waals surface area contributed by atoms with Crippen LogP contribution in [-0.4, -0.2) is 72.1 Å². The lowest BCUT2D eigenvalue weighted by Gasteiger charge is -2.57. The van der Waals surface area contributed by atoms with Crippen LogP contribution in [0.25, 0.3) is 0 Å². The zero-order valence-corrected chi connectivity index (χ0v) is 14.3.